The molecule has 0 aliphatic heterocycles. The average Bonchev–Trinajstić information content (AvgIpc) is 2.22. The van der Waals surface area contributed by atoms with Gasteiger partial charge in [-0.1, -0.05) is 6.92 Å². The summed E-state index contributed by atoms with van der Waals surface area (Å²) < 4.78 is 0. The number of hydrogen-bond acceptors (Lipinski definition) is 1. The molecule has 0 unspecified atom stereocenters. The zero-order valence-electron chi connectivity index (χ0n) is 8.68. The molecule has 0 aliphatic carbocycles. The first-order valence-corrected chi connectivity index (χ1v) is 4.10. The van der Waals surface area contributed by atoms with Gasteiger partial charge in [0.15, 0.2) is 0 Å². The quantitative estimate of drug-likeness (QED) is 0.628. The van der Waals surface area contributed by atoms with E-state index < -0.39 is 0 Å². The Balaban J connectivity index is -0.000000135. The topological polar surface area (TPSA) is 37.3 Å². The smallest absolute Gasteiger partial charge is 0.290 e. The van der Waals surface area contributed by atoms with E-state index in [1.165, 1.54) is 6.42 Å². The van der Waals surface area contributed by atoms with Gasteiger partial charge in [0.25, 0.3) is 6.47 Å². The molecule has 14 heavy (non-hydrogen) atoms. The van der Waals surface area contributed by atoms with E-state index in [0.717, 1.165) is 0 Å². The van der Waals surface area contributed by atoms with Gasteiger partial charge in [-0.2, -0.15) is 49.7 Å². The molecule has 1 N–H and O–H groups in total. The summed E-state index contributed by atoms with van der Waals surface area (Å²) in [6.45, 7) is 3.93. The minimum atomic E-state index is -0.250. The van der Waals surface area contributed by atoms with Crippen molar-refractivity contribution >= 4 is 6.47 Å². The molecular weight excluding hydrogens is 253 g/mol. The normalized spacial score (nSPS) is 6.43. The molecule has 0 heterocycles. The minimum Gasteiger partial charge on any atom is -0.483 e. The van der Waals surface area contributed by atoms with Gasteiger partial charge in [0.1, 0.15) is 0 Å². The maximum Gasteiger partial charge on any atom is 0.290 e. The van der Waals surface area contributed by atoms with Crippen molar-refractivity contribution in [2.45, 2.75) is 20.3 Å². The van der Waals surface area contributed by atoms with E-state index in [1.54, 1.807) is 0 Å². The molecule has 0 saturated carbocycles. The van der Waals surface area contributed by atoms with Gasteiger partial charge in [-0.25, -0.2) is 0 Å². The van der Waals surface area contributed by atoms with Gasteiger partial charge < -0.3 is 11.5 Å². The second-order valence-corrected chi connectivity index (χ2v) is 2.00. The van der Waals surface area contributed by atoms with E-state index in [4.69, 9.17) is 9.90 Å². The molecule has 0 amide bonds. The van der Waals surface area contributed by atoms with Crippen molar-refractivity contribution in [2.24, 2.45) is 0 Å². The summed E-state index contributed by atoms with van der Waals surface area (Å²) in [5, 5.41) is 6.89. The Morgan fingerprint density at radius 1 is 1.36 bits per heavy atom. The van der Waals surface area contributed by atoms with Gasteiger partial charge in [-0.05, 0) is 0 Å². The molecule has 0 bridgehead atoms. The van der Waals surface area contributed by atoms with Crippen LogP contribution in [-0.4, -0.2) is 11.6 Å². The number of hydrogen-bond donors (Lipinski definition) is 1. The summed E-state index contributed by atoms with van der Waals surface area (Å²) in [6, 6.07) is 12.5. The molecule has 0 aromatic heterocycles. The Morgan fingerprint density at radius 2 is 1.71 bits per heavy atom. The van der Waals surface area contributed by atoms with Crippen LogP contribution in [0.15, 0.2) is 30.3 Å². The van der Waals surface area contributed by atoms with Gasteiger partial charge in [0, 0.05) is 32.7 Å². The Labute approximate surface area is 112 Å². The third-order valence-corrected chi connectivity index (χ3v) is 1.02. The molecule has 1 aromatic rings. The van der Waals surface area contributed by atoms with Crippen LogP contribution < -0.4 is 0 Å². The summed E-state index contributed by atoms with van der Waals surface area (Å²) >= 11 is 0. The van der Waals surface area contributed by atoms with E-state index in [9.17, 15) is 0 Å². The molecule has 0 aliphatic rings. The maximum absolute atomic E-state index is 8.36. The Kier molecular flexibility index (Phi) is 31.9. The Bertz CT molecular complexity index is 137. The van der Waals surface area contributed by atoms with Crippen molar-refractivity contribution in [1.82, 2.24) is 0 Å². The monoisotopic (exact) mass is 269 g/mol. The van der Waals surface area contributed by atoms with E-state index in [2.05, 4.69) is 26.3 Å². The number of rotatable bonds is 1. The van der Waals surface area contributed by atoms with Crippen LogP contribution in [0.4, 0.5) is 0 Å². The van der Waals surface area contributed by atoms with Crippen molar-refractivity contribution in [2.75, 3.05) is 0 Å². The van der Waals surface area contributed by atoms with Gasteiger partial charge in [-0.15, -0.1) is 0 Å². The van der Waals surface area contributed by atoms with Crippen LogP contribution in [0.5, 0.6) is 0 Å². The van der Waals surface area contributed by atoms with E-state index >= 15 is 0 Å². The zero-order chi connectivity index (χ0) is 10.4. The molecule has 1 radical (unpaired) electrons. The third-order valence-electron chi connectivity index (χ3n) is 1.02. The van der Waals surface area contributed by atoms with Gasteiger partial charge in [-0.3, -0.25) is 4.79 Å². The average molecular weight is 269 g/mol. The SMILES string of the molecule is C[CH-]CC.O=CO.[Y].[c-]1ccccc1. The number of carbonyl (C=O) groups is 1. The molecule has 0 spiro atoms. The summed E-state index contributed by atoms with van der Waals surface area (Å²) in [4.78, 5) is 8.36. The second kappa shape index (κ2) is 23.0. The van der Waals surface area contributed by atoms with Crippen LogP contribution in [0, 0.1) is 12.5 Å². The molecular formula is C11H16O2Y-2. The fourth-order valence-corrected chi connectivity index (χ4v) is 0.342. The van der Waals surface area contributed by atoms with Crippen LogP contribution in [-0.2, 0) is 37.5 Å². The first kappa shape index (κ1) is 19.4. The van der Waals surface area contributed by atoms with Crippen molar-refractivity contribution in [3.05, 3.63) is 42.8 Å². The number of unbranched alkanes of at least 4 members (excludes halogenated alkanes) is 1. The summed E-state index contributed by atoms with van der Waals surface area (Å²) in [5.74, 6) is 0. The van der Waals surface area contributed by atoms with Crippen LogP contribution in [0.2, 0.25) is 0 Å². The molecule has 0 atom stereocenters. The van der Waals surface area contributed by atoms with E-state index in [1.807, 2.05) is 30.3 Å². The van der Waals surface area contributed by atoms with Crippen LogP contribution >= 0.6 is 0 Å². The van der Waals surface area contributed by atoms with E-state index in [0.29, 0.717) is 0 Å². The molecule has 3 heteroatoms. The molecule has 0 saturated heterocycles. The fraction of sp³-hybridized carbons (Fsp3) is 0.273. The first-order chi connectivity index (χ1) is 6.33. The van der Waals surface area contributed by atoms with Crippen molar-refractivity contribution in [3.8, 4) is 0 Å². The third kappa shape index (κ3) is 29.8. The van der Waals surface area contributed by atoms with Crippen molar-refractivity contribution < 1.29 is 42.6 Å². The van der Waals surface area contributed by atoms with Gasteiger partial charge in [0.2, 0.25) is 0 Å². The summed E-state index contributed by atoms with van der Waals surface area (Å²) in [5.41, 5.74) is 0. The van der Waals surface area contributed by atoms with E-state index in [-0.39, 0.29) is 39.2 Å². The molecule has 0 fully saturated rings. The zero-order valence-corrected chi connectivity index (χ0v) is 11.5. The second-order valence-electron chi connectivity index (χ2n) is 2.00. The molecule has 2 nitrogen and oxygen atoms in total. The van der Waals surface area contributed by atoms with Crippen LogP contribution in [0.3, 0.4) is 0 Å². The van der Waals surface area contributed by atoms with Gasteiger partial charge in [0.05, 0.1) is 0 Å². The fourth-order valence-electron chi connectivity index (χ4n) is 0.342. The van der Waals surface area contributed by atoms with Crippen LogP contribution in [0.1, 0.15) is 20.3 Å². The number of carboxylic acid groups (broad SMARTS) is 1. The standard InChI is InChI=1S/C6H5.C4H9.CH2O2.Y/c1-2-4-6-5-3-1;1-3-4-2;2-1-3;/h1-5H;3H,4H2,1-2H3;1H,(H,2,3);/q2*-1;;. The Morgan fingerprint density at radius 3 is 1.79 bits per heavy atom. The minimum absolute atomic E-state index is 0. The summed E-state index contributed by atoms with van der Waals surface area (Å²) in [7, 11) is 0. The molecule has 1 aromatic carbocycles. The first-order valence-electron chi connectivity index (χ1n) is 4.10. The Hall–Kier alpha value is -0.206. The molecule has 1 rings (SSSR count). The predicted octanol–water partition coefficient (Wildman–Crippen LogP) is 2.81. The van der Waals surface area contributed by atoms with Crippen molar-refractivity contribution in [3.63, 3.8) is 0 Å². The van der Waals surface area contributed by atoms with Crippen molar-refractivity contribution in [1.29, 1.82) is 0 Å². The van der Waals surface area contributed by atoms with Gasteiger partial charge >= 0.3 is 0 Å². The van der Waals surface area contributed by atoms with Crippen LogP contribution in [0.25, 0.3) is 0 Å². The summed E-state index contributed by atoms with van der Waals surface area (Å²) in [6.07, 6.45) is 3.32. The number of benzene rings is 1. The maximum atomic E-state index is 8.36. The predicted molar refractivity (Wildman–Crippen MR) is 54.2 cm³/mol. The molecule has 77 valence electrons. The largest absolute Gasteiger partial charge is 0.483 e.